The summed E-state index contributed by atoms with van der Waals surface area (Å²) in [6.45, 7) is 1.54. The Labute approximate surface area is 159 Å². The molecule has 0 spiro atoms. The van der Waals surface area contributed by atoms with Gasteiger partial charge in [0, 0.05) is 38.2 Å². The highest BCUT2D eigenvalue weighted by atomic mass is 35.5. The number of nitrogens with one attached hydrogen (secondary N) is 2. The molecule has 1 aromatic rings. The van der Waals surface area contributed by atoms with Crippen molar-refractivity contribution in [2.45, 2.75) is 6.42 Å². The van der Waals surface area contributed by atoms with Crippen molar-refractivity contribution in [3.8, 4) is 17.2 Å². The summed E-state index contributed by atoms with van der Waals surface area (Å²) in [6.07, 6.45) is 0.183. The molecule has 1 aliphatic rings. The van der Waals surface area contributed by atoms with Gasteiger partial charge in [0.05, 0.1) is 32.9 Å². The van der Waals surface area contributed by atoms with E-state index >= 15 is 0 Å². The number of rotatable bonds is 8. The van der Waals surface area contributed by atoms with Gasteiger partial charge in [0.1, 0.15) is 0 Å². The molecule has 0 aliphatic carbocycles. The molecule has 1 saturated heterocycles. The minimum atomic E-state index is -0.372. The maximum absolute atomic E-state index is 12.4. The topological polar surface area (TPSA) is 89.1 Å². The van der Waals surface area contributed by atoms with Crippen molar-refractivity contribution in [1.82, 2.24) is 10.6 Å². The highest BCUT2D eigenvalue weighted by molar-refractivity contribution is 6.00. The van der Waals surface area contributed by atoms with Crippen molar-refractivity contribution in [2.24, 2.45) is 5.92 Å². The first-order valence-corrected chi connectivity index (χ1v) is 8.08. The van der Waals surface area contributed by atoms with Crippen molar-refractivity contribution in [3.05, 3.63) is 12.1 Å². The van der Waals surface area contributed by atoms with Gasteiger partial charge in [-0.15, -0.1) is 12.4 Å². The smallest absolute Gasteiger partial charge is 0.227 e. The molecule has 0 aromatic heterocycles. The molecule has 8 nitrogen and oxygen atoms in total. The summed E-state index contributed by atoms with van der Waals surface area (Å²) in [5.41, 5.74) is 0.616. The molecule has 0 radical (unpaired) electrons. The Kier molecular flexibility index (Phi) is 8.47. The van der Waals surface area contributed by atoms with Crippen LogP contribution in [0.3, 0.4) is 0 Å². The van der Waals surface area contributed by atoms with Crippen LogP contribution in [0, 0.1) is 5.92 Å². The number of halogens is 1. The molecule has 2 amide bonds. The summed E-state index contributed by atoms with van der Waals surface area (Å²) in [7, 11) is 6.37. The van der Waals surface area contributed by atoms with E-state index in [1.165, 1.54) is 21.3 Å². The summed E-state index contributed by atoms with van der Waals surface area (Å²) in [5.74, 6) is 0.796. The van der Waals surface area contributed by atoms with E-state index < -0.39 is 0 Å². The number of hydrogen-bond acceptors (Lipinski definition) is 6. The van der Waals surface area contributed by atoms with Crippen LogP contribution in [0.2, 0.25) is 0 Å². The largest absolute Gasteiger partial charge is 0.493 e. The van der Waals surface area contributed by atoms with Gasteiger partial charge < -0.3 is 29.7 Å². The Hall–Kier alpha value is -2.19. The van der Waals surface area contributed by atoms with E-state index in [-0.39, 0.29) is 36.6 Å². The first-order chi connectivity index (χ1) is 12.0. The number of nitrogens with zero attached hydrogens (tertiary/aromatic N) is 1. The monoisotopic (exact) mass is 387 g/mol. The summed E-state index contributed by atoms with van der Waals surface area (Å²) >= 11 is 0. The van der Waals surface area contributed by atoms with Crippen molar-refractivity contribution >= 4 is 29.9 Å². The lowest BCUT2D eigenvalue weighted by atomic mass is 10.1. The van der Waals surface area contributed by atoms with Crippen LogP contribution in [-0.4, -0.2) is 59.8 Å². The molecular formula is C17H26ClN3O5. The van der Waals surface area contributed by atoms with Crippen LogP contribution in [0.15, 0.2) is 12.1 Å². The minimum Gasteiger partial charge on any atom is -0.493 e. The predicted molar refractivity (Wildman–Crippen MR) is 101 cm³/mol. The molecule has 26 heavy (non-hydrogen) atoms. The standard InChI is InChI=1S/C17H25N3O5.ClH/c1-18-5-6-19-17(22)11-7-15(21)20(10-11)12-8-13(23-2)16(25-4)14(9-12)24-3;/h8-9,11,18H,5-7,10H2,1-4H3,(H,19,22);1H. The Balaban J connectivity index is 0.00000338. The first-order valence-electron chi connectivity index (χ1n) is 8.08. The third-order valence-corrected chi connectivity index (χ3v) is 4.13. The zero-order chi connectivity index (χ0) is 18.4. The minimum absolute atomic E-state index is 0. The van der Waals surface area contributed by atoms with Crippen molar-refractivity contribution < 1.29 is 23.8 Å². The van der Waals surface area contributed by atoms with Gasteiger partial charge in [0.25, 0.3) is 0 Å². The number of carbonyl (C=O) groups is 2. The molecule has 1 aromatic carbocycles. The van der Waals surface area contributed by atoms with Crippen LogP contribution in [0.4, 0.5) is 5.69 Å². The molecule has 1 atom stereocenters. The van der Waals surface area contributed by atoms with Gasteiger partial charge in [0.2, 0.25) is 17.6 Å². The van der Waals surface area contributed by atoms with Gasteiger partial charge in [0.15, 0.2) is 11.5 Å². The van der Waals surface area contributed by atoms with E-state index in [9.17, 15) is 9.59 Å². The summed E-state index contributed by atoms with van der Waals surface area (Å²) < 4.78 is 15.9. The van der Waals surface area contributed by atoms with Crippen LogP contribution in [0.1, 0.15) is 6.42 Å². The zero-order valence-electron chi connectivity index (χ0n) is 15.5. The number of anilines is 1. The van der Waals surface area contributed by atoms with Gasteiger partial charge in [-0.3, -0.25) is 9.59 Å². The molecular weight excluding hydrogens is 362 g/mol. The maximum Gasteiger partial charge on any atom is 0.227 e. The van der Waals surface area contributed by atoms with Crippen LogP contribution < -0.4 is 29.7 Å². The fourth-order valence-corrected chi connectivity index (χ4v) is 2.81. The Morgan fingerprint density at radius 1 is 1.15 bits per heavy atom. The number of likely N-dealkylation sites (N-methyl/N-ethyl adjacent to an activating group) is 1. The van der Waals surface area contributed by atoms with E-state index in [0.29, 0.717) is 42.6 Å². The fourth-order valence-electron chi connectivity index (χ4n) is 2.81. The lowest BCUT2D eigenvalue weighted by molar-refractivity contribution is -0.126. The van der Waals surface area contributed by atoms with E-state index in [2.05, 4.69) is 10.6 Å². The van der Waals surface area contributed by atoms with Gasteiger partial charge in [-0.1, -0.05) is 0 Å². The number of methoxy groups -OCH3 is 3. The van der Waals surface area contributed by atoms with Gasteiger partial charge in [-0.2, -0.15) is 0 Å². The van der Waals surface area contributed by atoms with Crippen LogP contribution in [0.5, 0.6) is 17.2 Å². The molecule has 1 aliphatic heterocycles. The number of carbonyl (C=O) groups excluding carboxylic acids is 2. The molecule has 2 rings (SSSR count). The highest BCUT2D eigenvalue weighted by Crippen LogP contribution is 2.42. The van der Waals surface area contributed by atoms with Crippen molar-refractivity contribution in [1.29, 1.82) is 0 Å². The SMILES string of the molecule is CNCCNC(=O)C1CC(=O)N(c2cc(OC)c(OC)c(OC)c2)C1.Cl. The summed E-state index contributed by atoms with van der Waals surface area (Å²) in [5, 5.41) is 5.79. The van der Waals surface area contributed by atoms with Crippen molar-refractivity contribution in [3.63, 3.8) is 0 Å². The second-order valence-corrected chi connectivity index (χ2v) is 5.68. The average molecular weight is 388 g/mol. The van der Waals surface area contributed by atoms with Crippen LogP contribution in [-0.2, 0) is 9.59 Å². The zero-order valence-corrected chi connectivity index (χ0v) is 16.3. The summed E-state index contributed by atoms with van der Waals surface area (Å²) in [6, 6.07) is 3.42. The quantitative estimate of drug-likeness (QED) is 0.642. The Morgan fingerprint density at radius 3 is 2.27 bits per heavy atom. The van der Waals surface area contributed by atoms with Crippen molar-refractivity contribution in [2.75, 3.05) is 52.9 Å². The van der Waals surface area contributed by atoms with E-state index in [0.717, 1.165) is 0 Å². The first kappa shape index (κ1) is 21.9. The molecule has 1 unspecified atom stereocenters. The van der Waals surface area contributed by atoms with Gasteiger partial charge in [-0.25, -0.2) is 0 Å². The number of amides is 2. The maximum atomic E-state index is 12.4. The predicted octanol–water partition coefficient (Wildman–Crippen LogP) is 0.823. The van der Waals surface area contributed by atoms with Crippen LogP contribution in [0.25, 0.3) is 0 Å². The van der Waals surface area contributed by atoms with Gasteiger partial charge in [-0.05, 0) is 7.05 Å². The van der Waals surface area contributed by atoms with E-state index in [1.807, 2.05) is 7.05 Å². The molecule has 0 saturated carbocycles. The normalized spacial score (nSPS) is 16.1. The lowest BCUT2D eigenvalue weighted by Crippen LogP contribution is -2.36. The molecule has 1 heterocycles. The Bertz CT molecular complexity index is 616. The van der Waals surface area contributed by atoms with E-state index in [1.54, 1.807) is 17.0 Å². The third kappa shape index (κ3) is 4.70. The highest BCUT2D eigenvalue weighted by Gasteiger charge is 2.35. The number of benzene rings is 1. The van der Waals surface area contributed by atoms with Crippen LogP contribution >= 0.6 is 12.4 Å². The molecule has 9 heteroatoms. The molecule has 0 bridgehead atoms. The average Bonchev–Trinajstić information content (AvgIpc) is 3.02. The van der Waals surface area contributed by atoms with E-state index in [4.69, 9.17) is 14.2 Å². The molecule has 1 fully saturated rings. The number of ether oxygens (including phenoxy) is 3. The third-order valence-electron chi connectivity index (χ3n) is 4.13. The lowest BCUT2D eigenvalue weighted by Gasteiger charge is -2.20. The molecule has 2 N–H and O–H groups in total. The Morgan fingerprint density at radius 2 is 1.77 bits per heavy atom. The second kappa shape index (κ2) is 10.1. The number of hydrogen-bond donors (Lipinski definition) is 2. The fraction of sp³-hybridized carbons (Fsp3) is 0.529. The second-order valence-electron chi connectivity index (χ2n) is 5.68. The molecule has 146 valence electrons. The summed E-state index contributed by atoms with van der Waals surface area (Å²) in [4.78, 5) is 26.2. The van der Waals surface area contributed by atoms with Gasteiger partial charge >= 0.3 is 0 Å².